The molecule has 3 rings (SSSR count). The van der Waals surface area contributed by atoms with Gasteiger partial charge in [0.05, 0.1) is 26.9 Å². The Labute approximate surface area is 173 Å². The van der Waals surface area contributed by atoms with Crippen molar-refractivity contribution in [2.75, 3.05) is 46.4 Å². The Morgan fingerprint density at radius 2 is 1.48 bits per heavy atom. The van der Waals surface area contributed by atoms with E-state index in [0.717, 1.165) is 18.7 Å². The van der Waals surface area contributed by atoms with Gasteiger partial charge in [0.2, 0.25) is 0 Å². The van der Waals surface area contributed by atoms with Gasteiger partial charge < -0.3 is 24.0 Å². The lowest BCUT2D eigenvalue weighted by Gasteiger charge is -2.29. The molecule has 1 saturated heterocycles. The molecule has 1 aliphatic rings. The minimum absolute atomic E-state index is 0.136. The molecule has 2 aromatic carbocycles. The molecule has 156 valence electrons. The molecule has 6 heteroatoms. The summed E-state index contributed by atoms with van der Waals surface area (Å²) in [5, 5.41) is 0. The van der Waals surface area contributed by atoms with Crippen LogP contribution in [0.15, 0.2) is 36.4 Å². The molecule has 0 unspecified atom stereocenters. The number of hydrogen-bond donors (Lipinski definition) is 0. The van der Waals surface area contributed by atoms with E-state index < -0.39 is 0 Å². The molecule has 0 aromatic heterocycles. The number of amides is 1. The highest BCUT2D eigenvalue weighted by atomic mass is 16.5. The summed E-state index contributed by atoms with van der Waals surface area (Å²) < 4.78 is 16.0. The molecular weight excluding hydrogens is 368 g/mol. The Morgan fingerprint density at radius 3 is 2.07 bits per heavy atom. The first-order valence-electron chi connectivity index (χ1n) is 9.96. The van der Waals surface area contributed by atoms with E-state index in [1.165, 1.54) is 32.1 Å². The third-order valence-electron chi connectivity index (χ3n) is 5.36. The first-order chi connectivity index (χ1) is 14.1. The maximum atomic E-state index is 13.1. The monoisotopic (exact) mass is 398 g/mol. The number of ether oxygens (including phenoxy) is 3. The highest BCUT2D eigenvalue weighted by Gasteiger charge is 2.21. The summed E-state index contributed by atoms with van der Waals surface area (Å²) in [6, 6.07) is 11.8. The lowest BCUT2D eigenvalue weighted by Crippen LogP contribution is -2.29. The second-order valence-corrected chi connectivity index (χ2v) is 7.28. The van der Waals surface area contributed by atoms with Crippen LogP contribution in [0.3, 0.4) is 0 Å². The summed E-state index contributed by atoms with van der Waals surface area (Å²) >= 11 is 0. The van der Waals surface area contributed by atoms with Crippen molar-refractivity contribution in [2.24, 2.45) is 0 Å². The van der Waals surface area contributed by atoms with Crippen molar-refractivity contribution in [2.45, 2.75) is 25.8 Å². The number of carbonyl (C=O) groups is 1. The molecule has 6 nitrogen and oxygen atoms in total. The van der Waals surface area contributed by atoms with Crippen molar-refractivity contribution in [3.05, 3.63) is 47.5 Å². The summed E-state index contributed by atoms with van der Waals surface area (Å²) in [6.45, 7) is 2.75. The van der Waals surface area contributed by atoms with E-state index in [0.29, 0.717) is 29.4 Å². The van der Waals surface area contributed by atoms with Crippen LogP contribution in [0.4, 0.5) is 5.69 Å². The minimum atomic E-state index is -0.136. The molecule has 2 aromatic rings. The normalized spacial score (nSPS) is 13.7. The predicted molar refractivity (Wildman–Crippen MR) is 114 cm³/mol. The molecule has 1 amide bonds. The fourth-order valence-corrected chi connectivity index (χ4v) is 3.71. The van der Waals surface area contributed by atoms with Gasteiger partial charge in [-0.25, -0.2) is 0 Å². The summed E-state index contributed by atoms with van der Waals surface area (Å²) in [4.78, 5) is 17.2. The van der Waals surface area contributed by atoms with Gasteiger partial charge in [-0.15, -0.1) is 0 Å². The molecule has 0 aliphatic carbocycles. The number of piperidine rings is 1. The molecule has 0 radical (unpaired) electrons. The van der Waals surface area contributed by atoms with Crippen molar-refractivity contribution in [3.63, 3.8) is 0 Å². The van der Waals surface area contributed by atoms with Gasteiger partial charge in [-0.1, -0.05) is 12.1 Å². The predicted octanol–water partition coefficient (Wildman–Crippen LogP) is 3.97. The van der Waals surface area contributed by atoms with Crippen molar-refractivity contribution >= 4 is 11.6 Å². The zero-order valence-electron chi connectivity index (χ0n) is 17.7. The number of rotatable bonds is 7. The fourth-order valence-electron chi connectivity index (χ4n) is 3.71. The smallest absolute Gasteiger partial charge is 0.257 e. The summed E-state index contributed by atoms with van der Waals surface area (Å²) in [5.74, 6) is 1.34. The van der Waals surface area contributed by atoms with E-state index in [2.05, 4.69) is 29.2 Å². The molecule has 0 N–H and O–H groups in total. The lowest BCUT2D eigenvalue weighted by molar-refractivity contribution is 0.0781. The minimum Gasteiger partial charge on any atom is -0.496 e. The van der Waals surface area contributed by atoms with Gasteiger partial charge in [0, 0.05) is 44.5 Å². The van der Waals surface area contributed by atoms with Gasteiger partial charge in [0.25, 0.3) is 5.91 Å². The van der Waals surface area contributed by atoms with Crippen LogP contribution in [0, 0.1) is 0 Å². The van der Waals surface area contributed by atoms with Crippen LogP contribution in [-0.4, -0.2) is 52.3 Å². The highest BCUT2D eigenvalue weighted by Crippen LogP contribution is 2.35. The molecule has 0 spiro atoms. The molecule has 1 aliphatic heterocycles. The van der Waals surface area contributed by atoms with Gasteiger partial charge in [-0.2, -0.15) is 0 Å². The quantitative estimate of drug-likeness (QED) is 0.706. The summed E-state index contributed by atoms with van der Waals surface area (Å²) in [6.07, 6.45) is 3.83. The number of hydrogen-bond acceptors (Lipinski definition) is 5. The topological polar surface area (TPSA) is 51.2 Å². The van der Waals surface area contributed by atoms with Crippen LogP contribution in [0.25, 0.3) is 0 Å². The van der Waals surface area contributed by atoms with Crippen molar-refractivity contribution in [3.8, 4) is 17.2 Å². The van der Waals surface area contributed by atoms with Gasteiger partial charge in [-0.05, 0) is 37.0 Å². The average Bonchev–Trinajstić information content (AvgIpc) is 2.78. The number of carbonyl (C=O) groups excluding carboxylic acids is 1. The molecule has 1 fully saturated rings. The zero-order valence-corrected chi connectivity index (χ0v) is 17.7. The van der Waals surface area contributed by atoms with Crippen LogP contribution in [0.1, 0.15) is 35.2 Å². The summed E-state index contributed by atoms with van der Waals surface area (Å²) in [5.41, 5.74) is 2.78. The number of benzene rings is 2. The number of nitrogens with zero attached hydrogens (tertiary/aromatic N) is 2. The maximum Gasteiger partial charge on any atom is 0.257 e. The Balaban J connectivity index is 1.73. The summed E-state index contributed by atoms with van der Waals surface area (Å²) in [7, 11) is 6.43. The first kappa shape index (κ1) is 20.8. The lowest BCUT2D eigenvalue weighted by atomic mass is 10.1. The molecular formula is C23H30N2O4. The molecule has 0 bridgehead atoms. The van der Waals surface area contributed by atoms with Crippen LogP contribution in [0.5, 0.6) is 17.2 Å². The third kappa shape index (κ3) is 4.75. The number of anilines is 1. The van der Waals surface area contributed by atoms with Crippen LogP contribution in [-0.2, 0) is 6.54 Å². The molecule has 1 heterocycles. The van der Waals surface area contributed by atoms with E-state index >= 15 is 0 Å². The Morgan fingerprint density at radius 1 is 0.897 bits per heavy atom. The number of methoxy groups -OCH3 is 3. The van der Waals surface area contributed by atoms with E-state index in [4.69, 9.17) is 14.2 Å². The molecule has 29 heavy (non-hydrogen) atoms. The SMILES string of the molecule is COc1cc(OC)c(C(=O)N(C)Cc2ccc(N3CCCCC3)cc2)cc1OC. The fraction of sp³-hybridized carbons (Fsp3) is 0.435. The van der Waals surface area contributed by atoms with E-state index in [9.17, 15) is 4.79 Å². The van der Waals surface area contributed by atoms with Crippen LogP contribution in [0.2, 0.25) is 0 Å². The third-order valence-corrected chi connectivity index (χ3v) is 5.36. The Bertz CT molecular complexity index is 830. The maximum absolute atomic E-state index is 13.1. The van der Waals surface area contributed by atoms with Crippen LogP contribution >= 0.6 is 0 Å². The molecule has 0 atom stereocenters. The van der Waals surface area contributed by atoms with Gasteiger partial charge in [0.15, 0.2) is 11.5 Å². The standard InChI is InChI=1S/C23H30N2O4/c1-24(16-17-8-10-18(11-9-17)25-12-6-5-7-13-25)23(26)19-14-21(28-3)22(29-4)15-20(19)27-2/h8-11,14-15H,5-7,12-13,16H2,1-4H3. The first-order valence-corrected chi connectivity index (χ1v) is 9.96. The Kier molecular flexibility index (Phi) is 6.86. The van der Waals surface area contributed by atoms with Crippen molar-refractivity contribution in [1.82, 2.24) is 4.90 Å². The van der Waals surface area contributed by atoms with E-state index in [-0.39, 0.29) is 5.91 Å². The van der Waals surface area contributed by atoms with E-state index in [1.807, 2.05) is 0 Å². The van der Waals surface area contributed by atoms with Crippen molar-refractivity contribution < 1.29 is 19.0 Å². The molecule has 0 saturated carbocycles. The second-order valence-electron chi connectivity index (χ2n) is 7.28. The zero-order chi connectivity index (χ0) is 20.8. The Hall–Kier alpha value is -2.89. The highest BCUT2D eigenvalue weighted by molar-refractivity contribution is 5.97. The van der Waals surface area contributed by atoms with Gasteiger partial charge in [-0.3, -0.25) is 4.79 Å². The average molecular weight is 399 g/mol. The van der Waals surface area contributed by atoms with E-state index in [1.54, 1.807) is 38.3 Å². The second kappa shape index (κ2) is 9.54. The largest absolute Gasteiger partial charge is 0.496 e. The van der Waals surface area contributed by atoms with Crippen molar-refractivity contribution in [1.29, 1.82) is 0 Å². The van der Waals surface area contributed by atoms with Gasteiger partial charge >= 0.3 is 0 Å². The van der Waals surface area contributed by atoms with Crippen LogP contribution < -0.4 is 19.1 Å². The van der Waals surface area contributed by atoms with Gasteiger partial charge in [0.1, 0.15) is 5.75 Å².